The highest BCUT2D eigenvalue weighted by Crippen LogP contribution is 2.16. The first-order valence-corrected chi connectivity index (χ1v) is 11.4. The molecule has 28 heavy (non-hydrogen) atoms. The number of hydrogen-bond acceptors (Lipinski definition) is 7. The van der Waals surface area contributed by atoms with Crippen LogP contribution in [0, 0.1) is 0 Å². The summed E-state index contributed by atoms with van der Waals surface area (Å²) in [6.07, 6.45) is 1.58. The molecule has 3 rings (SSSR count). The zero-order valence-electron chi connectivity index (χ0n) is 15.5. The van der Waals surface area contributed by atoms with Crippen molar-refractivity contribution in [2.24, 2.45) is 0 Å². The summed E-state index contributed by atoms with van der Waals surface area (Å²) < 4.78 is 28.0. The molecule has 0 N–H and O–H groups in total. The quantitative estimate of drug-likeness (QED) is 0.612. The van der Waals surface area contributed by atoms with Crippen molar-refractivity contribution >= 4 is 33.8 Å². The Bertz CT molecular complexity index is 921. The van der Waals surface area contributed by atoms with Gasteiger partial charge in [-0.2, -0.15) is 4.31 Å². The molecule has 1 aromatic carbocycles. The van der Waals surface area contributed by atoms with Gasteiger partial charge >= 0.3 is 0 Å². The molecule has 1 saturated heterocycles. The van der Waals surface area contributed by atoms with Crippen LogP contribution in [0.5, 0.6) is 0 Å². The number of benzene rings is 1. The van der Waals surface area contributed by atoms with Crippen LogP contribution < -0.4 is 0 Å². The van der Waals surface area contributed by atoms with E-state index in [9.17, 15) is 13.2 Å². The van der Waals surface area contributed by atoms with E-state index in [1.165, 1.54) is 21.5 Å². The normalized spacial score (nSPS) is 16.0. The van der Waals surface area contributed by atoms with E-state index in [-0.39, 0.29) is 24.7 Å². The lowest BCUT2D eigenvalue weighted by Crippen LogP contribution is -2.50. The van der Waals surface area contributed by atoms with Gasteiger partial charge in [0.05, 0.1) is 5.75 Å². The number of hydrogen-bond donors (Lipinski definition) is 0. The van der Waals surface area contributed by atoms with Gasteiger partial charge in [0.25, 0.3) is 0 Å². The summed E-state index contributed by atoms with van der Waals surface area (Å²) in [4.78, 5) is 14.1. The van der Waals surface area contributed by atoms with Crippen molar-refractivity contribution in [3.05, 3.63) is 41.3 Å². The van der Waals surface area contributed by atoms with E-state index in [1.54, 1.807) is 15.7 Å². The molecule has 0 saturated carbocycles. The van der Waals surface area contributed by atoms with Gasteiger partial charge in [-0.05, 0) is 29.0 Å². The Morgan fingerprint density at radius 3 is 2.57 bits per heavy atom. The number of thioether (sulfide) groups is 1. The highest BCUT2D eigenvalue weighted by atomic mass is 32.2. The van der Waals surface area contributed by atoms with Crippen molar-refractivity contribution in [3.8, 4) is 0 Å². The molecular formula is C17H22N6O3S2. The van der Waals surface area contributed by atoms with Crippen molar-refractivity contribution in [2.75, 3.05) is 31.9 Å². The number of tetrazole rings is 1. The third-order valence-corrected chi connectivity index (χ3v) is 6.81. The summed E-state index contributed by atoms with van der Waals surface area (Å²) in [5.41, 5.74) is 0.825. The van der Waals surface area contributed by atoms with E-state index in [0.29, 0.717) is 24.8 Å². The minimum Gasteiger partial charge on any atom is -0.339 e. The third-order valence-electron chi connectivity index (χ3n) is 4.31. The first-order chi connectivity index (χ1) is 13.5. The fourth-order valence-corrected chi connectivity index (χ4v) is 4.74. The van der Waals surface area contributed by atoms with Gasteiger partial charge in [0.1, 0.15) is 0 Å². The Morgan fingerprint density at radius 2 is 1.89 bits per heavy atom. The van der Waals surface area contributed by atoms with E-state index in [2.05, 4.69) is 15.5 Å². The molecule has 150 valence electrons. The van der Waals surface area contributed by atoms with Crippen LogP contribution in [-0.4, -0.2) is 75.7 Å². The van der Waals surface area contributed by atoms with Crippen LogP contribution in [0.25, 0.3) is 6.08 Å². The van der Waals surface area contributed by atoms with Crippen LogP contribution in [0.2, 0.25) is 0 Å². The van der Waals surface area contributed by atoms with Crippen LogP contribution >= 0.6 is 11.8 Å². The van der Waals surface area contributed by atoms with Crippen LogP contribution in [0.15, 0.2) is 40.9 Å². The Kier molecular flexibility index (Phi) is 6.81. The zero-order valence-corrected chi connectivity index (χ0v) is 17.1. The summed E-state index contributed by atoms with van der Waals surface area (Å²) in [6, 6.07) is 9.27. The molecule has 1 aliphatic rings. The summed E-state index contributed by atoms with van der Waals surface area (Å²) in [5, 5.41) is 13.1. The summed E-state index contributed by atoms with van der Waals surface area (Å²) >= 11 is 1.28. The predicted octanol–water partition coefficient (Wildman–Crippen LogP) is 0.930. The Hall–Kier alpha value is -2.24. The molecule has 2 aromatic rings. The molecule has 2 heterocycles. The minimum atomic E-state index is -3.51. The van der Waals surface area contributed by atoms with Crippen LogP contribution in [0.1, 0.15) is 12.5 Å². The maximum absolute atomic E-state index is 12.5. The Labute approximate surface area is 168 Å². The molecule has 0 spiro atoms. The van der Waals surface area contributed by atoms with Gasteiger partial charge in [-0.25, -0.2) is 13.1 Å². The van der Waals surface area contributed by atoms with E-state index in [0.717, 1.165) is 5.56 Å². The molecule has 0 bridgehead atoms. The van der Waals surface area contributed by atoms with Gasteiger partial charge in [-0.15, -0.1) is 5.10 Å². The van der Waals surface area contributed by atoms with Crippen molar-refractivity contribution in [3.63, 3.8) is 0 Å². The number of aryl methyl sites for hydroxylation is 1. The highest BCUT2D eigenvalue weighted by Gasteiger charge is 2.27. The van der Waals surface area contributed by atoms with Crippen LogP contribution in [0.3, 0.4) is 0 Å². The number of carbonyl (C=O) groups is 1. The largest absolute Gasteiger partial charge is 0.339 e. The van der Waals surface area contributed by atoms with Gasteiger partial charge in [0, 0.05) is 38.1 Å². The molecule has 11 heteroatoms. The molecule has 1 amide bonds. The van der Waals surface area contributed by atoms with E-state index in [4.69, 9.17) is 0 Å². The molecule has 1 aromatic heterocycles. The maximum Gasteiger partial charge on any atom is 0.236 e. The SMILES string of the molecule is CCn1nnnc1SCC(=O)N1CCN(S(=O)(=O)/C=C/c2ccccc2)CC1. The van der Waals surface area contributed by atoms with Crippen molar-refractivity contribution in [1.29, 1.82) is 0 Å². The Balaban J connectivity index is 1.50. The fraction of sp³-hybridized carbons (Fsp3) is 0.412. The molecule has 0 radical (unpaired) electrons. The van der Waals surface area contributed by atoms with Crippen LogP contribution in [0.4, 0.5) is 0 Å². The second-order valence-electron chi connectivity index (χ2n) is 6.10. The average Bonchev–Trinajstić information content (AvgIpc) is 3.19. The predicted molar refractivity (Wildman–Crippen MR) is 107 cm³/mol. The first kappa shape index (κ1) is 20.5. The summed E-state index contributed by atoms with van der Waals surface area (Å²) in [6.45, 7) is 3.87. The number of amides is 1. The lowest BCUT2D eigenvalue weighted by atomic mass is 10.2. The number of aromatic nitrogens is 4. The number of sulfonamides is 1. The number of piperazine rings is 1. The lowest BCUT2D eigenvalue weighted by molar-refractivity contribution is -0.129. The van der Waals surface area contributed by atoms with Gasteiger partial charge in [-0.3, -0.25) is 4.79 Å². The van der Waals surface area contributed by atoms with Crippen molar-refractivity contribution in [2.45, 2.75) is 18.6 Å². The first-order valence-electron chi connectivity index (χ1n) is 8.89. The number of carbonyl (C=O) groups excluding carboxylic acids is 1. The molecular weight excluding hydrogens is 400 g/mol. The standard InChI is InChI=1S/C17H22N6O3S2/c1-2-23-17(18-19-20-23)27-14-16(24)21-9-11-22(12-10-21)28(25,26)13-8-15-6-4-3-5-7-15/h3-8,13H,2,9-12,14H2,1H3/b13-8+. The van der Waals surface area contributed by atoms with Crippen molar-refractivity contribution in [1.82, 2.24) is 29.4 Å². The molecule has 1 fully saturated rings. The lowest BCUT2D eigenvalue weighted by Gasteiger charge is -2.33. The topological polar surface area (TPSA) is 101 Å². The second-order valence-corrected chi connectivity index (χ2v) is 8.87. The third kappa shape index (κ3) is 5.18. The molecule has 1 aliphatic heterocycles. The summed E-state index contributed by atoms with van der Waals surface area (Å²) in [5.74, 6) is 0.175. The Morgan fingerprint density at radius 1 is 1.18 bits per heavy atom. The minimum absolute atomic E-state index is 0.0486. The number of rotatable bonds is 7. The molecule has 0 atom stereocenters. The molecule has 9 nitrogen and oxygen atoms in total. The van der Waals surface area contributed by atoms with E-state index >= 15 is 0 Å². The monoisotopic (exact) mass is 422 g/mol. The average molecular weight is 423 g/mol. The van der Waals surface area contributed by atoms with Crippen molar-refractivity contribution < 1.29 is 13.2 Å². The zero-order chi connectivity index (χ0) is 20.0. The van der Waals surface area contributed by atoms with Gasteiger partial charge in [0.2, 0.25) is 21.1 Å². The highest BCUT2D eigenvalue weighted by molar-refractivity contribution is 7.99. The van der Waals surface area contributed by atoms with Gasteiger partial charge in [0.15, 0.2) is 0 Å². The number of nitrogens with zero attached hydrogens (tertiary/aromatic N) is 6. The molecule has 0 unspecified atom stereocenters. The van der Waals surface area contributed by atoms with Crippen LogP contribution in [-0.2, 0) is 21.4 Å². The van der Waals surface area contributed by atoms with E-state index in [1.807, 2.05) is 37.3 Å². The van der Waals surface area contributed by atoms with E-state index < -0.39 is 10.0 Å². The molecule has 0 aliphatic carbocycles. The second kappa shape index (κ2) is 9.30. The van der Waals surface area contributed by atoms with Gasteiger partial charge in [-0.1, -0.05) is 42.1 Å². The fourth-order valence-electron chi connectivity index (χ4n) is 2.72. The smallest absolute Gasteiger partial charge is 0.236 e. The van der Waals surface area contributed by atoms with Gasteiger partial charge < -0.3 is 4.90 Å². The summed E-state index contributed by atoms with van der Waals surface area (Å²) in [7, 11) is -3.51. The maximum atomic E-state index is 12.5.